The van der Waals surface area contributed by atoms with Crippen molar-refractivity contribution in [2.24, 2.45) is 5.41 Å². The molecule has 0 atom stereocenters. The molecule has 2 saturated heterocycles. The van der Waals surface area contributed by atoms with Gasteiger partial charge in [0, 0.05) is 36.8 Å². The van der Waals surface area contributed by atoms with E-state index in [9.17, 15) is 0 Å². The van der Waals surface area contributed by atoms with Gasteiger partial charge in [0.05, 0.1) is 23.7 Å². The highest BCUT2D eigenvalue weighted by atomic mass is 16.5. The van der Waals surface area contributed by atoms with Crippen molar-refractivity contribution in [2.75, 3.05) is 50.6 Å². The van der Waals surface area contributed by atoms with E-state index in [1.165, 1.54) is 12.7 Å². The van der Waals surface area contributed by atoms with Gasteiger partial charge in [-0.3, -0.25) is 0 Å². The summed E-state index contributed by atoms with van der Waals surface area (Å²) in [6.45, 7) is 6.29. The summed E-state index contributed by atoms with van der Waals surface area (Å²) in [6, 6.07) is 11.7. The molecule has 5 heterocycles. The number of hydrogen-bond acceptors (Lipinski definition) is 10. The van der Waals surface area contributed by atoms with Crippen molar-refractivity contribution in [3.8, 4) is 17.4 Å². The number of benzene rings is 2. The molecular weight excluding hydrogens is 494 g/mol. The van der Waals surface area contributed by atoms with Crippen molar-refractivity contribution >= 4 is 33.7 Å². The predicted octanol–water partition coefficient (Wildman–Crippen LogP) is 4.06. The van der Waals surface area contributed by atoms with E-state index in [1.807, 2.05) is 37.3 Å². The molecule has 11 heteroatoms. The van der Waals surface area contributed by atoms with E-state index in [-0.39, 0.29) is 0 Å². The van der Waals surface area contributed by atoms with Crippen LogP contribution in [0, 0.1) is 12.3 Å². The molecule has 2 fully saturated rings. The second-order valence-corrected chi connectivity index (χ2v) is 10.6. The Morgan fingerprint density at radius 2 is 1.82 bits per heavy atom. The van der Waals surface area contributed by atoms with Crippen LogP contribution < -0.4 is 19.7 Å². The number of anilines is 3. The molecule has 5 aromatic rings. The number of aryl methyl sites for hydroxylation is 1. The summed E-state index contributed by atoms with van der Waals surface area (Å²) in [7, 11) is 3.92. The first-order valence-electron chi connectivity index (χ1n) is 13.0. The fourth-order valence-electron chi connectivity index (χ4n) is 5.89. The summed E-state index contributed by atoms with van der Waals surface area (Å²) in [4.78, 5) is 22.6. The van der Waals surface area contributed by atoms with Gasteiger partial charge in [0.15, 0.2) is 5.65 Å². The van der Waals surface area contributed by atoms with Crippen LogP contribution in [0.2, 0.25) is 0 Å². The first kappa shape index (κ1) is 23.6. The number of hydrogen-bond donors (Lipinski definition) is 1. The molecule has 2 aromatic carbocycles. The Bertz CT molecular complexity index is 1700. The van der Waals surface area contributed by atoms with Gasteiger partial charge in [0.25, 0.3) is 0 Å². The maximum Gasteiger partial charge on any atom is 0.224 e. The standard InChI is InChI=1S/C28H29N9O2/c1-18-10-19(4-6-21(18)39-24-11-23-30-16-33-37(23)17-32-24)34-27-25-20(29-15-31-27)5-7-22(38-3)26(25)36-13-28(14-36)8-9-35(2)12-28/h4-7,10-11,15-17H,8-9,12-14H2,1-3H3,(H,29,31,34). The van der Waals surface area contributed by atoms with Crippen LogP contribution in [0.25, 0.3) is 16.6 Å². The molecule has 39 heavy (non-hydrogen) atoms. The SMILES string of the molecule is COc1ccc2ncnc(Nc3ccc(Oc4cc5ncnn5cn4)c(C)c3)c2c1N1CC2(CCN(C)C2)C1. The maximum atomic E-state index is 6.05. The number of methoxy groups -OCH3 is 1. The molecule has 11 nitrogen and oxygen atoms in total. The molecule has 198 valence electrons. The monoisotopic (exact) mass is 523 g/mol. The molecule has 3 aromatic heterocycles. The van der Waals surface area contributed by atoms with Gasteiger partial charge in [-0.05, 0) is 62.8 Å². The van der Waals surface area contributed by atoms with Crippen molar-refractivity contribution < 1.29 is 9.47 Å². The van der Waals surface area contributed by atoms with E-state index in [1.54, 1.807) is 30.3 Å². The lowest BCUT2D eigenvalue weighted by Gasteiger charge is -2.50. The molecule has 7 rings (SSSR count). The van der Waals surface area contributed by atoms with Gasteiger partial charge in [-0.25, -0.2) is 24.5 Å². The minimum atomic E-state index is 0.353. The van der Waals surface area contributed by atoms with Gasteiger partial charge in [0.1, 0.15) is 36.3 Å². The van der Waals surface area contributed by atoms with E-state index >= 15 is 0 Å². The zero-order valence-electron chi connectivity index (χ0n) is 22.1. The molecule has 0 radical (unpaired) electrons. The molecule has 0 aliphatic carbocycles. The van der Waals surface area contributed by atoms with Crippen molar-refractivity contribution in [1.82, 2.24) is 34.4 Å². The van der Waals surface area contributed by atoms with Crippen LogP contribution in [-0.2, 0) is 0 Å². The molecule has 2 aliphatic heterocycles. The second kappa shape index (κ2) is 9.05. The lowest BCUT2D eigenvalue weighted by molar-refractivity contribution is 0.217. The summed E-state index contributed by atoms with van der Waals surface area (Å²) < 4.78 is 13.5. The molecule has 0 amide bonds. The molecular formula is C28H29N9O2. The summed E-state index contributed by atoms with van der Waals surface area (Å²) in [6.07, 6.45) is 5.89. The number of nitrogens with zero attached hydrogens (tertiary/aromatic N) is 8. The van der Waals surface area contributed by atoms with Crippen LogP contribution in [0.5, 0.6) is 17.4 Å². The predicted molar refractivity (Wildman–Crippen MR) is 148 cm³/mol. The minimum Gasteiger partial charge on any atom is -0.495 e. The van der Waals surface area contributed by atoms with Crippen LogP contribution >= 0.6 is 0 Å². The average Bonchev–Trinajstić information content (AvgIpc) is 3.55. The highest BCUT2D eigenvalue weighted by Crippen LogP contribution is 2.48. The van der Waals surface area contributed by atoms with Crippen molar-refractivity contribution in [3.05, 3.63) is 60.9 Å². The van der Waals surface area contributed by atoms with Gasteiger partial charge in [-0.1, -0.05) is 0 Å². The maximum absolute atomic E-state index is 6.05. The third kappa shape index (κ3) is 4.15. The molecule has 1 N–H and O–H groups in total. The first-order chi connectivity index (χ1) is 19.0. The number of rotatable bonds is 6. The largest absolute Gasteiger partial charge is 0.495 e. The topological polar surface area (TPSA) is 106 Å². The quantitative estimate of drug-likeness (QED) is 0.350. The number of ether oxygens (including phenoxy) is 2. The van der Waals surface area contributed by atoms with Crippen molar-refractivity contribution in [1.29, 1.82) is 0 Å². The van der Waals surface area contributed by atoms with Gasteiger partial charge >= 0.3 is 0 Å². The smallest absolute Gasteiger partial charge is 0.224 e. The summed E-state index contributed by atoms with van der Waals surface area (Å²) in [5, 5.41) is 8.56. The van der Waals surface area contributed by atoms with E-state index in [4.69, 9.17) is 9.47 Å². The molecule has 2 aliphatic rings. The Labute approximate surface area is 225 Å². The zero-order chi connectivity index (χ0) is 26.6. The third-order valence-corrected chi connectivity index (χ3v) is 7.76. The molecule has 0 unspecified atom stereocenters. The summed E-state index contributed by atoms with van der Waals surface area (Å²) in [5.74, 6) is 2.74. The fraction of sp³-hybridized carbons (Fsp3) is 0.321. The van der Waals surface area contributed by atoms with Crippen LogP contribution in [0.1, 0.15) is 12.0 Å². The van der Waals surface area contributed by atoms with E-state index in [0.717, 1.165) is 65.6 Å². The Morgan fingerprint density at radius 3 is 2.62 bits per heavy atom. The Morgan fingerprint density at radius 1 is 0.949 bits per heavy atom. The zero-order valence-corrected chi connectivity index (χ0v) is 22.1. The first-order valence-corrected chi connectivity index (χ1v) is 13.0. The number of aromatic nitrogens is 6. The van der Waals surface area contributed by atoms with Crippen LogP contribution in [0.15, 0.2) is 55.4 Å². The van der Waals surface area contributed by atoms with Crippen molar-refractivity contribution in [3.63, 3.8) is 0 Å². The highest BCUT2D eigenvalue weighted by molar-refractivity contribution is 6.03. The van der Waals surface area contributed by atoms with Gasteiger partial charge in [0.2, 0.25) is 5.88 Å². The lowest BCUT2D eigenvalue weighted by Crippen LogP contribution is -2.57. The number of fused-ring (bicyclic) bond motifs is 2. The van der Waals surface area contributed by atoms with Crippen LogP contribution in [0.3, 0.4) is 0 Å². The fourth-order valence-corrected chi connectivity index (χ4v) is 5.89. The highest BCUT2D eigenvalue weighted by Gasteiger charge is 2.47. The molecule has 0 saturated carbocycles. The van der Waals surface area contributed by atoms with Crippen molar-refractivity contribution in [2.45, 2.75) is 13.3 Å². The van der Waals surface area contributed by atoms with Gasteiger partial charge in [-0.15, -0.1) is 0 Å². The van der Waals surface area contributed by atoms with Crippen LogP contribution in [0.4, 0.5) is 17.2 Å². The Kier molecular flexibility index (Phi) is 5.48. The van der Waals surface area contributed by atoms with E-state index < -0.39 is 0 Å². The van der Waals surface area contributed by atoms with Crippen LogP contribution in [-0.4, -0.2) is 74.8 Å². The lowest BCUT2D eigenvalue weighted by atomic mass is 9.78. The van der Waals surface area contributed by atoms with E-state index in [2.05, 4.69) is 47.2 Å². The number of nitrogens with one attached hydrogen (secondary N) is 1. The third-order valence-electron chi connectivity index (χ3n) is 7.76. The van der Waals surface area contributed by atoms with E-state index in [0.29, 0.717) is 22.7 Å². The Balaban J connectivity index is 1.19. The molecule has 0 bridgehead atoms. The average molecular weight is 524 g/mol. The minimum absolute atomic E-state index is 0.353. The second-order valence-electron chi connectivity index (χ2n) is 10.6. The normalized spacial score (nSPS) is 16.6. The summed E-state index contributed by atoms with van der Waals surface area (Å²) in [5.41, 5.74) is 4.79. The molecule has 1 spiro atoms. The van der Waals surface area contributed by atoms with Gasteiger partial charge in [-0.2, -0.15) is 5.10 Å². The summed E-state index contributed by atoms with van der Waals surface area (Å²) >= 11 is 0. The Hall–Kier alpha value is -4.51. The number of likely N-dealkylation sites (tertiary alicyclic amines) is 1. The van der Waals surface area contributed by atoms with Gasteiger partial charge < -0.3 is 24.6 Å².